The van der Waals surface area contributed by atoms with E-state index >= 15 is 0 Å². The average molecular weight is 235 g/mol. The van der Waals surface area contributed by atoms with Crippen LogP contribution in [0.1, 0.15) is 43.1 Å². The van der Waals surface area contributed by atoms with Crippen LogP contribution in [0, 0.1) is 12.8 Å². The minimum Gasteiger partial charge on any atom is -0.459 e. The summed E-state index contributed by atoms with van der Waals surface area (Å²) in [5.41, 5.74) is 7.75. The Morgan fingerprint density at radius 1 is 1.35 bits per heavy atom. The van der Waals surface area contributed by atoms with Gasteiger partial charge in [0.2, 0.25) is 0 Å². The molecule has 0 saturated heterocycles. The lowest BCUT2D eigenvalue weighted by molar-refractivity contribution is 0.0299. The predicted molar refractivity (Wildman–Crippen MR) is 69.9 cm³/mol. The largest absolute Gasteiger partial charge is 0.459 e. The van der Waals surface area contributed by atoms with Crippen LogP contribution in [-0.4, -0.2) is 12.1 Å². The van der Waals surface area contributed by atoms with Gasteiger partial charge < -0.3 is 10.5 Å². The highest BCUT2D eigenvalue weighted by molar-refractivity contribution is 5.91. The zero-order valence-electron chi connectivity index (χ0n) is 11.0. The smallest absolute Gasteiger partial charge is 0.338 e. The van der Waals surface area contributed by atoms with Crippen molar-refractivity contribution in [1.82, 2.24) is 0 Å². The van der Waals surface area contributed by atoms with Crippen LogP contribution in [0.3, 0.4) is 0 Å². The first-order valence-electron chi connectivity index (χ1n) is 5.97. The van der Waals surface area contributed by atoms with Crippen LogP contribution in [-0.2, 0) is 4.74 Å². The summed E-state index contributed by atoms with van der Waals surface area (Å²) >= 11 is 0. The molecular weight excluding hydrogens is 214 g/mol. The molecule has 1 aromatic rings. The number of ether oxygens (including phenoxy) is 1. The van der Waals surface area contributed by atoms with Crippen LogP contribution < -0.4 is 5.73 Å². The van der Waals surface area contributed by atoms with Gasteiger partial charge in [0, 0.05) is 5.69 Å². The number of hydrogen-bond donors (Lipinski definition) is 1. The van der Waals surface area contributed by atoms with Crippen molar-refractivity contribution in [3.8, 4) is 0 Å². The van der Waals surface area contributed by atoms with Crippen LogP contribution in [0.5, 0.6) is 0 Å². The Kier molecular flexibility index (Phi) is 4.55. The first-order valence-corrected chi connectivity index (χ1v) is 5.97. The van der Waals surface area contributed by atoms with Crippen molar-refractivity contribution in [1.29, 1.82) is 0 Å². The molecule has 0 saturated carbocycles. The Morgan fingerprint density at radius 3 is 2.53 bits per heavy atom. The first kappa shape index (κ1) is 13.6. The number of nitrogen functional groups attached to an aromatic ring is 1. The van der Waals surface area contributed by atoms with E-state index in [0.717, 1.165) is 12.0 Å². The third kappa shape index (κ3) is 4.10. The van der Waals surface area contributed by atoms with Gasteiger partial charge in [-0.25, -0.2) is 4.79 Å². The van der Waals surface area contributed by atoms with Crippen molar-refractivity contribution in [2.75, 3.05) is 5.73 Å². The molecule has 1 unspecified atom stereocenters. The predicted octanol–water partition coefficient (Wildman–Crippen LogP) is 3.17. The van der Waals surface area contributed by atoms with Crippen LogP contribution in [0.4, 0.5) is 5.69 Å². The second-order valence-electron chi connectivity index (χ2n) is 4.92. The van der Waals surface area contributed by atoms with E-state index in [1.807, 2.05) is 13.8 Å². The number of hydrogen-bond acceptors (Lipinski definition) is 3. The fourth-order valence-electron chi connectivity index (χ4n) is 1.87. The highest BCUT2D eigenvalue weighted by Gasteiger charge is 2.15. The van der Waals surface area contributed by atoms with Gasteiger partial charge in [0.25, 0.3) is 0 Å². The van der Waals surface area contributed by atoms with Crippen LogP contribution in [0.15, 0.2) is 18.2 Å². The summed E-state index contributed by atoms with van der Waals surface area (Å²) in [6, 6.07) is 5.22. The van der Waals surface area contributed by atoms with Crippen molar-refractivity contribution in [2.24, 2.45) is 5.92 Å². The Bertz CT molecular complexity index is 399. The molecule has 0 spiro atoms. The lowest BCUT2D eigenvalue weighted by Crippen LogP contribution is -2.17. The summed E-state index contributed by atoms with van der Waals surface area (Å²) in [5, 5.41) is 0. The second-order valence-corrected chi connectivity index (χ2v) is 4.92. The minimum atomic E-state index is -0.268. The van der Waals surface area contributed by atoms with Crippen molar-refractivity contribution in [3.05, 3.63) is 29.3 Å². The van der Waals surface area contributed by atoms with E-state index in [1.54, 1.807) is 18.2 Å². The molecule has 2 N–H and O–H groups in total. The summed E-state index contributed by atoms with van der Waals surface area (Å²) in [4.78, 5) is 11.9. The van der Waals surface area contributed by atoms with Crippen molar-refractivity contribution in [3.63, 3.8) is 0 Å². The van der Waals surface area contributed by atoms with E-state index in [2.05, 4.69) is 13.8 Å². The standard InChI is InChI=1S/C14H21NO2/c1-9(2)7-11(4)17-14(16)13-6-5-12(15)8-10(13)3/h5-6,8-9,11H,7,15H2,1-4H3. The quantitative estimate of drug-likeness (QED) is 0.644. The topological polar surface area (TPSA) is 52.3 Å². The Morgan fingerprint density at radius 2 is 2.00 bits per heavy atom. The molecule has 3 nitrogen and oxygen atoms in total. The van der Waals surface area contributed by atoms with E-state index < -0.39 is 0 Å². The van der Waals surface area contributed by atoms with E-state index in [1.165, 1.54) is 0 Å². The fraction of sp³-hybridized carbons (Fsp3) is 0.500. The highest BCUT2D eigenvalue weighted by Crippen LogP contribution is 2.16. The van der Waals surface area contributed by atoms with Crippen LogP contribution in [0.2, 0.25) is 0 Å². The number of benzene rings is 1. The molecule has 0 heterocycles. The first-order chi connectivity index (χ1) is 7.90. The van der Waals surface area contributed by atoms with Gasteiger partial charge >= 0.3 is 5.97 Å². The zero-order chi connectivity index (χ0) is 13.0. The number of carbonyl (C=O) groups excluding carboxylic acids is 1. The molecule has 0 aliphatic rings. The molecule has 1 aromatic carbocycles. The Balaban J connectivity index is 2.70. The number of esters is 1. The average Bonchev–Trinajstić information content (AvgIpc) is 2.15. The van der Waals surface area contributed by atoms with E-state index in [4.69, 9.17) is 10.5 Å². The number of rotatable bonds is 4. The molecule has 17 heavy (non-hydrogen) atoms. The fourth-order valence-corrected chi connectivity index (χ4v) is 1.87. The third-order valence-electron chi connectivity index (χ3n) is 2.58. The maximum Gasteiger partial charge on any atom is 0.338 e. The second kappa shape index (κ2) is 5.71. The van der Waals surface area contributed by atoms with Crippen molar-refractivity contribution >= 4 is 11.7 Å². The maximum atomic E-state index is 11.9. The molecule has 1 atom stereocenters. The summed E-state index contributed by atoms with van der Waals surface area (Å²) in [7, 11) is 0. The monoisotopic (exact) mass is 235 g/mol. The summed E-state index contributed by atoms with van der Waals surface area (Å²) in [5.74, 6) is 0.251. The van der Waals surface area contributed by atoms with Gasteiger partial charge in [-0.1, -0.05) is 13.8 Å². The molecule has 0 aromatic heterocycles. The molecule has 0 fully saturated rings. The lowest BCUT2D eigenvalue weighted by atomic mass is 10.1. The minimum absolute atomic E-state index is 0.0561. The zero-order valence-corrected chi connectivity index (χ0v) is 11.0. The molecule has 0 aliphatic carbocycles. The molecule has 94 valence electrons. The molecule has 0 radical (unpaired) electrons. The third-order valence-corrected chi connectivity index (χ3v) is 2.58. The van der Waals surface area contributed by atoms with Gasteiger partial charge in [-0.15, -0.1) is 0 Å². The van der Waals surface area contributed by atoms with Gasteiger partial charge in [0.05, 0.1) is 11.7 Å². The van der Waals surface area contributed by atoms with Crippen LogP contribution in [0.25, 0.3) is 0 Å². The summed E-state index contributed by atoms with van der Waals surface area (Å²) in [6.45, 7) is 8.00. The highest BCUT2D eigenvalue weighted by atomic mass is 16.5. The molecule has 3 heteroatoms. The van der Waals surface area contributed by atoms with Crippen LogP contribution >= 0.6 is 0 Å². The van der Waals surface area contributed by atoms with Gasteiger partial charge in [0.1, 0.15) is 0 Å². The SMILES string of the molecule is Cc1cc(N)ccc1C(=O)OC(C)CC(C)C. The van der Waals surface area contributed by atoms with E-state index in [9.17, 15) is 4.79 Å². The molecule has 0 aliphatic heterocycles. The lowest BCUT2D eigenvalue weighted by Gasteiger charge is -2.16. The summed E-state index contributed by atoms with van der Waals surface area (Å²) in [6.07, 6.45) is 0.819. The van der Waals surface area contributed by atoms with Gasteiger partial charge in [-0.2, -0.15) is 0 Å². The Hall–Kier alpha value is -1.51. The van der Waals surface area contributed by atoms with Gasteiger partial charge in [0.15, 0.2) is 0 Å². The number of carbonyl (C=O) groups is 1. The normalized spacial score (nSPS) is 12.5. The van der Waals surface area contributed by atoms with Crippen molar-refractivity contribution in [2.45, 2.75) is 40.2 Å². The van der Waals surface area contributed by atoms with E-state index in [-0.39, 0.29) is 12.1 Å². The van der Waals surface area contributed by atoms with E-state index in [0.29, 0.717) is 17.2 Å². The van der Waals surface area contributed by atoms with Gasteiger partial charge in [-0.3, -0.25) is 0 Å². The maximum absolute atomic E-state index is 11.9. The summed E-state index contributed by atoms with van der Waals surface area (Å²) < 4.78 is 5.39. The molecule has 0 bridgehead atoms. The molecular formula is C14H21NO2. The number of aryl methyl sites for hydroxylation is 1. The molecule has 0 amide bonds. The van der Waals surface area contributed by atoms with Crippen molar-refractivity contribution < 1.29 is 9.53 Å². The number of anilines is 1. The van der Waals surface area contributed by atoms with Gasteiger partial charge in [-0.05, 0) is 49.9 Å². The Labute approximate surface area is 103 Å². The molecule has 1 rings (SSSR count). The number of nitrogens with two attached hydrogens (primary N) is 1.